The Kier molecular flexibility index (Phi) is 6.47. The molecule has 0 radical (unpaired) electrons. The number of nitrogens with one attached hydrogen (secondary N) is 1. The number of thiophene rings is 1. The van der Waals surface area contributed by atoms with Gasteiger partial charge in [-0.05, 0) is 54.3 Å². The van der Waals surface area contributed by atoms with Crippen molar-refractivity contribution in [2.45, 2.75) is 26.0 Å². The first-order valence-electron chi connectivity index (χ1n) is 11.7. The van der Waals surface area contributed by atoms with Gasteiger partial charge in [0, 0.05) is 22.3 Å². The Morgan fingerprint density at radius 2 is 2.08 bits per heavy atom. The first-order valence-corrected chi connectivity index (χ1v) is 12.9. The van der Waals surface area contributed by atoms with Crippen LogP contribution in [0.15, 0.2) is 55.0 Å². The molecular weight excluding hydrogens is 515 g/mol. The highest BCUT2D eigenvalue weighted by Gasteiger charge is 2.26. The van der Waals surface area contributed by atoms with Crippen molar-refractivity contribution < 1.29 is 14.0 Å². The summed E-state index contributed by atoms with van der Waals surface area (Å²) < 4.78 is 21.1. The molecule has 0 spiro atoms. The molecule has 0 saturated heterocycles. The lowest BCUT2D eigenvalue weighted by Crippen LogP contribution is -2.10. The number of anilines is 2. The molecular formula is C26H22ClFN6O2S. The van der Waals surface area contributed by atoms with Gasteiger partial charge in [0.05, 0.1) is 29.3 Å². The van der Waals surface area contributed by atoms with Crippen LogP contribution in [0.3, 0.4) is 0 Å². The minimum atomic E-state index is -0.301. The highest BCUT2D eigenvalue weighted by atomic mass is 35.5. The van der Waals surface area contributed by atoms with E-state index in [1.807, 2.05) is 16.9 Å². The molecule has 1 aliphatic carbocycles. The molecule has 3 aromatic heterocycles. The normalized spacial score (nSPS) is 12.4. The highest BCUT2D eigenvalue weighted by Crippen LogP contribution is 2.45. The molecule has 0 aliphatic heterocycles. The van der Waals surface area contributed by atoms with Crippen molar-refractivity contribution in [2.24, 2.45) is 5.90 Å². The van der Waals surface area contributed by atoms with Crippen LogP contribution in [0.2, 0.25) is 5.02 Å². The van der Waals surface area contributed by atoms with Gasteiger partial charge in [0.15, 0.2) is 0 Å². The fourth-order valence-electron chi connectivity index (χ4n) is 4.50. The fraction of sp³-hybridized carbons (Fsp3) is 0.192. The van der Waals surface area contributed by atoms with Gasteiger partial charge < -0.3 is 14.9 Å². The summed E-state index contributed by atoms with van der Waals surface area (Å²) in [5, 5.41) is 9.55. The van der Waals surface area contributed by atoms with Crippen LogP contribution in [-0.4, -0.2) is 26.4 Å². The van der Waals surface area contributed by atoms with E-state index in [4.69, 9.17) is 32.2 Å². The summed E-state index contributed by atoms with van der Waals surface area (Å²) in [5.74, 6) is 6.11. The summed E-state index contributed by atoms with van der Waals surface area (Å²) in [6.07, 6.45) is 5.29. The Bertz CT molecular complexity index is 1600. The smallest absolute Gasteiger partial charge is 0.142 e. The molecule has 0 bridgehead atoms. The van der Waals surface area contributed by atoms with E-state index in [-0.39, 0.29) is 12.4 Å². The standard InChI is InChI=1S/C26H22ClFN6O2S/c27-20-11-17(4-7-22(20)35-13-15-2-1-3-16(28)10-15)32-25-23-18-5-6-21-19(12-34(33-21)8-9-36-29)24(18)37-26(23)31-14-30-25/h1-4,7,10-12,14H,5-6,8-9,13,29H2,(H,30,31,32). The molecule has 188 valence electrons. The fourth-order valence-corrected chi connectivity index (χ4v) is 5.96. The third-order valence-corrected chi connectivity index (χ3v) is 7.67. The minimum absolute atomic E-state index is 0.218. The molecule has 0 saturated carbocycles. The molecule has 0 amide bonds. The summed E-state index contributed by atoms with van der Waals surface area (Å²) in [6, 6.07) is 11.7. The average molecular weight is 537 g/mol. The molecule has 3 heterocycles. The summed E-state index contributed by atoms with van der Waals surface area (Å²) >= 11 is 8.15. The third-order valence-electron chi connectivity index (χ3n) is 6.20. The van der Waals surface area contributed by atoms with Crippen molar-refractivity contribution in [3.8, 4) is 16.2 Å². The van der Waals surface area contributed by atoms with E-state index < -0.39 is 0 Å². The van der Waals surface area contributed by atoms with Crippen LogP contribution in [-0.2, 0) is 30.8 Å². The number of ether oxygens (including phenoxy) is 1. The lowest BCUT2D eigenvalue weighted by Gasteiger charge is -2.13. The lowest BCUT2D eigenvalue weighted by molar-refractivity contribution is 0.127. The number of nitrogens with zero attached hydrogens (tertiary/aromatic N) is 4. The number of halogens is 2. The SMILES string of the molecule is NOCCn1cc2c(n1)CCc1c-2sc2ncnc(Nc3ccc(OCc4cccc(F)c4)c(Cl)c3)c12. The van der Waals surface area contributed by atoms with E-state index in [9.17, 15) is 4.39 Å². The summed E-state index contributed by atoms with van der Waals surface area (Å²) in [4.78, 5) is 15.9. The van der Waals surface area contributed by atoms with Crippen molar-refractivity contribution >= 4 is 44.7 Å². The molecule has 6 rings (SSSR count). The van der Waals surface area contributed by atoms with E-state index >= 15 is 0 Å². The van der Waals surface area contributed by atoms with Gasteiger partial charge in [-0.2, -0.15) is 5.10 Å². The van der Waals surface area contributed by atoms with Crippen LogP contribution in [0.1, 0.15) is 16.8 Å². The van der Waals surface area contributed by atoms with E-state index in [1.54, 1.807) is 41.9 Å². The van der Waals surface area contributed by atoms with Gasteiger partial charge in [0.25, 0.3) is 0 Å². The predicted molar refractivity (Wildman–Crippen MR) is 142 cm³/mol. The molecule has 37 heavy (non-hydrogen) atoms. The van der Waals surface area contributed by atoms with Gasteiger partial charge in [-0.15, -0.1) is 11.3 Å². The van der Waals surface area contributed by atoms with Gasteiger partial charge in [0.1, 0.15) is 35.1 Å². The zero-order valence-corrected chi connectivity index (χ0v) is 21.2. The minimum Gasteiger partial charge on any atom is -0.487 e. The Balaban J connectivity index is 1.26. The summed E-state index contributed by atoms with van der Waals surface area (Å²) in [7, 11) is 0. The van der Waals surface area contributed by atoms with Crippen LogP contribution in [0.25, 0.3) is 20.7 Å². The van der Waals surface area contributed by atoms with Crippen LogP contribution < -0.4 is 16.0 Å². The average Bonchev–Trinajstić information content (AvgIpc) is 3.48. The van der Waals surface area contributed by atoms with Gasteiger partial charge in [-0.1, -0.05) is 23.7 Å². The second kappa shape index (κ2) is 10.1. The summed E-state index contributed by atoms with van der Waals surface area (Å²) in [5.41, 5.74) is 4.90. The Hall–Kier alpha value is -3.57. The molecule has 0 unspecified atom stereocenters. The monoisotopic (exact) mass is 536 g/mol. The zero-order valence-electron chi connectivity index (χ0n) is 19.6. The Labute approximate surface area is 220 Å². The molecule has 2 aromatic carbocycles. The van der Waals surface area contributed by atoms with Gasteiger partial charge in [-0.25, -0.2) is 20.3 Å². The van der Waals surface area contributed by atoms with Gasteiger partial charge in [-0.3, -0.25) is 4.68 Å². The van der Waals surface area contributed by atoms with Gasteiger partial charge >= 0.3 is 0 Å². The van der Waals surface area contributed by atoms with Crippen molar-refractivity contribution in [1.82, 2.24) is 19.7 Å². The molecule has 3 N–H and O–H groups in total. The van der Waals surface area contributed by atoms with E-state index in [2.05, 4.69) is 15.3 Å². The Morgan fingerprint density at radius 1 is 1.16 bits per heavy atom. The van der Waals surface area contributed by atoms with E-state index in [0.29, 0.717) is 23.9 Å². The predicted octanol–water partition coefficient (Wildman–Crippen LogP) is 5.66. The number of rotatable bonds is 8. The number of nitrogens with two attached hydrogens (primary N) is 1. The lowest BCUT2D eigenvalue weighted by atomic mass is 9.95. The second-order valence-corrected chi connectivity index (χ2v) is 10.0. The maximum atomic E-state index is 13.4. The molecule has 1 aliphatic rings. The largest absolute Gasteiger partial charge is 0.487 e. The first-order chi connectivity index (χ1) is 18.1. The Morgan fingerprint density at radius 3 is 2.92 bits per heavy atom. The number of aromatic nitrogens is 4. The third kappa shape index (κ3) is 4.76. The van der Waals surface area contributed by atoms with Crippen molar-refractivity contribution in [2.75, 3.05) is 11.9 Å². The molecule has 11 heteroatoms. The number of hydrogen-bond donors (Lipinski definition) is 2. The molecule has 8 nitrogen and oxygen atoms in total. The quantitative estimate of drug-likeness (QED) is 0.247. The van der Waals surface area contributed by atoms with E-state index in [1.165, 1.54) is 22.6 Å². The van der Waals surface area contributed by atoms with Crippen LogP contribution in [0, 0.1) is 5.82 Å². The number of fused-ring (bicyclic) bond motifs is 5. The van der Waals surface area contributed by atoms with Crippen LogP contribution >= 0.6 is 22.9 Å². The molecule has 0 atom stereocenters. The molecule has 0 fully saturated rings. The van der Waals surface area contributed by atoms with Gasteiger partial charge in [0.2, 0.25) is 0 Å². The van der Waals surface area contributed by atoms with Crippen molar-refractivity contribution in [3.63, 3.8) is 0 Å². The maximum absolute atomic E-state index is 13.4. The summed E-state index contributed by atoms with van der Waals surface area (Å²) in [6.45, 7) is 1.21. The topological polar surface area (TPSA) is 100 Å². The number of benzene rings is 2. The number of aryl methyl sites for hydroxylation is 2. The first kappa shape index (κ1) is 23.8. The zero-order chi connectivity index (χ0) is 25.4. The van der Waals surface area contributed by atoms with Crippen molar-refractivity contribution in [1.29, 1.82) is 0 Å². The van der Waals surface area contributed by atoms with Crippen LogP contribution in [0.4, 0.5) is 15.9 Å². The maximum Gasteiger partial charge on any atom is 0.142 e. The van der Waals surface area contributed by atoms with Crippen LogP contribution in [0.5, 0.6) is 5.75 Å². The van der Waals surface area contributed by atoms with Crippen molar-refractivity contribution in [3.05, 3.63) is 82.6 Å². The highest BCUT2D eigenvalue weighted by molar-refractivity contribution is 7.22. The molecule has 5 aromatic rings. The second-order valence-electron chi connectivity index (χ2n) is 8.62. The number of hydrogen-bond acceptors (Lipinski definition) is 8. The van der Waals surface area contributed by atoms with E-state index in [0.717, 1.165) is 51.4 Å².